The average molecular weight is 284 g/mol. The molecule has 0 saturated heterocycles. The highest BCUT2D eigenvalue weighted by Gasteiger charge is 2.24. The lowest BCUT2D eigenvalue weighted by Crippen LogP contribution is -2.26. The topological polar surface area (TPSA) is 52.6 Å². The van der Waals surface area contributed by atoms with E-state index in [9.17, 15) is 8.42 Å². The van der Waals surface area contributed by atoms with E-state index >= 15 is 0 Å². The van der Waals surface area contributed by atoms with Gasteiger partial charge >= 0.3 is 0 Å². The van der Waals surface area contributed by atoms with Gasteiger partial charge < -0.3 is 9.47 Å². The SMILES string of the molecule is COc1ccc(OCCS(=O)(=O)CC2CCC2)cc1. The van der Waals surface area contributed by atoms with Crippen molar-refractivity contribution in [3.8, 4) is 11.5 Å². The summed E-state index contributed by atoms with van der Waals surface area (Å²) in [5.74, 6) is 2.21. The molecule has 106 valence electrons. The molecule has 0 aromatic heterocycles. The first-order chi connectivity index (χ1) is 9.09. The molecule has 2 rings (SSSR count). The van der Waals surface area contributed by atoms with Gasteiger partial charge in [0.25, 0.3) is 0 Å². The smallest absolute Gasteiger partial charge is 0.153 e. The summed E-state index contributed by atoms with van der Waals surface area (Å²) in [6.45, 7) is 0.210. The van der Waals surface area contributed by atoms with Gasteiger partial charge in [0.1, 0.15) is 18.1 Å². The third-order valence-corrected chi connectivity index (χ3v) is 5.20. The Labute approximate surface area is 114 Å². The predicted molar refractivity (Wildman–Crippen MR) is 74.5 cm³/mol. The largest absolute Gasteiger partial charge is 0.497 e. The molecule has 0 amide bonds. The summed E-state index contributed by atoms with van der Waals surface area (Å²) >= 11 is 0. The van der Waals surface area contributed by atoms with E-state index in [1.807, 2.05) is 0 Å². The molecule has 1 saturated carbocycles. The van der Waals surface area contributed by atoms with Crippen molar-refractivity contribution in [2.75, 3.05) is 25.2 Å². The number of sulfone groups is 1. The molecule has 1 aliphatic carbocycles. The Morgan fingerprint density at radius 2 is 1.79 bits per heavy atom. The number of benzene rings is 1. The summed E-state index contributed by atoms with van der Waals surface area (Å²) in [5, 5.41) is 0. The summed E-state index contributed by atoms with van der Waals surface area (Å²) < 4.78 is 34.1. The van der Waals surface area contributed by atoms with Crippen LogP contribution in [0.4, 0.5) is 0 Å². The zero-order chi connectivity index (χ0) is 13.7. The summed E-state index contributed by atoms with van der Waals surface area (Å²) in [5.41, 5.74) is 0. The van der Waals surface area contributed by atoms with Crippen LogP contribution in [0.3, 0.4) is 0 Å². The monoisotopic (exact) mass is 284 g/mol. The van der Waals surface area contributed by atoms with E-state index in [-0.39, 0.29) is 12.4 Å². The fourth-order valence-electron chi connectivity index (χ4n) is 2.06. The van der Waals surface area contributed by atoms with Crippen LogP contribution >= 0.6 is 0 Å². The zero-order valence-corrected chi connectivity index (χ0v) is 12.0. The zero-order valence-electron chi connectivity index (χ0n) is 11.2. The average Bonchev–Trinajstić information content (AvgIpc) is 2.35. The Kier molecular flexibility index (Phi) is 4.69. The van der Waals surface area contributed by atoms with Crippen LogP contribution < -0.4 is 9.47 Å². The Balaban J connectivity index is 1.75. The van der Waals surface area contributed by atoms with Gasteiger partial charge in [0, 0.05) is 0 Å². The molecule has 1 fully saturated rings. The quantitative estimate of drug-likeness (QED) is 0.771. The minimum atomic E-state index is -2.97. The second kappa shape index (κ2) is 6.28. The Bertz CT molecular complexity index is 489. The van der Waals surface area contributed by atoms with Crippen LogP contribution in [-0.2, 0) is 9.84 Å². The molecule has 0 aliphatic heterocycles. The number of ether oxygens (including phenoxy) is 2. The van der Waals surface area contributed by atoms with Crippen LogP contribution in [-0.4, -0.2) is 33.6 Å². The second-order valence-electron chi connectivity index (χ2n) is 4.94. The minimum absolute atomic E-state index is 0.0928. The second-order valence-corrected chi connectivity index (χ2v) is 7.16. The van der Waals surface area contributed by atoms with Crippen molar-refractivity contribution in [2.24, 2.45) is 5.92 Å². The molecule has 1 aliphatic rings. The van der Waals surface area contributed by atoms with Gasteiger partial charge in [0.05, 0.1) is 18.6 Å². The summed E-state index contributed by atoms with van der Waals surface area (Å²) in [6, 6.07) is 7.13. The maximum Gasteiger partial charge on any atom is 0.153 e. The van der Waals surface area contributed by atoms with Crippen LogP contribution in [0.15, 0.2) is 24.3 Å². The van der Waals surface area contributed by atoms with E-state index in [1.165, 1.54) is 6.42 Å². The Hall–Kier alpha value is -1.23. The van der Waals surface area contributed by atoms with Crippen molar-refractivity contribution in [3.05, 3.63) is 24.3 Å². The third-order valence-electron chi connectivity index (χ3n) is 3.44. The summed E-state index contributed by atoms with van der Waals surface area (Å²) in [7, 11) is -1.37. The highest BCUT2D eigenvalue weighted by molar-refractivity contribution is 7.91. The molecule has 5 heteroatoms. The number of methoxy groups -OCH3 is 1. The van der Waals surface area contributed by atoms with E-state index < -0.39 is 9.84 Å². The summed E-state index contributed by atoms with van der Waals surface area (Å²) in [4.78, 5) is 0. The maximum absolute atomic E-state index is 11.8. The van der Waals surface area contributed by atoms with Gasteiger partial charge in [0.2, 0.25) is 0 Å². The highest BCUT2D eigenvalue weighted by atomic mass is 32.2. The molecule has 0 atom stereocenters. The highest BCUT2D eigenvalue weighted by Crippen LogP contribution is 2.27. The lowest BCUT2D eigenvalue weighted by atomic mass is 9.87. The minimum Gasteiger partial charge on any atom is -0.497 e. The number of hydrogen-bond donors (Lipinski definition) is 0. The van der Waals surface area contributed by atoms with E-state index in [1.54, 1.807) is 31.4 Å². The lowest BCUT2D eigenvalue weighted by molar-refractivity contribution is 0.333. The molecule has 0 bridgehead atoms. The van der Waals surface area contributed by atoms with Crippen LogP contribution in [0.5, 0.6) is 11.5 Å². The molecule has 0 heterocycles. The molecular weight excluding hydrogens is 264 g/mol. The van der Waals surface area contributed by atoms with Crippen LogP contribution in [0.25, 0.3) is 0 Å². The van der Waals surface area contributed by atoms with Crippen LogP contribution in [0.1, 0.15) is 19.3 Å². The molecule has 19 heavy (non-hydrogen) atoms. The predicted octanol–water partition coefficient (Wildman–Crippen LogP) is 2.29. The lowest BCUT2D eigenvalue weighted by Gasteiger charge is -2.24. The van der Waals surface area contributed by atoms with E-state index in [0.717, 1.165) is 18.6 Å². The van der Waals surface area contributed by atoms with Gasteiger partial charge in [-0.15, -0.1) is 0 Å². The van der Waals surface area contributed by atoms with Gasteiger partial charge in [-0.05, 0) is 43.0 Å². The van der Waals surface area contributed by atoms with Crippen LogP contribution in [0, 0.1) is 5.92 Å². The molecule has 0 unspecified atom stereocenters. The van der Waals surface area contributed by atoms with Crippen molar-refractivity contribution in [1.29, 1.82) is 0 Å². The fraction of sp³-hybridized carbons (Fsp3) is 0.571. The van der Waals surface area contributed by atoms with Crippen LogP contribution in [0.2, 0.25) is 0 Å². The first-order valence-corrected chi connectivity index (χ1v) is 8.38. The first-order valence-electron chi connectivity index (χ1n) is 6.56. The van der Waals surface area contributed by atoms with Gasteiger partial charge in [-0.1, -0.05) is 6.42 Å². The molecule has 0 spiro atoms. The normalized spacial score (nSPS) is 15.8. The van der Waals surface area contributed by atoms with Crippen molar-refractivity contribution in [2.45, 2.75) is 19.3 Å². The molecule has 0 radical (unpaired) electrons. The van der Waals surface area contributed by atoms with Gasteiger partial charge in [-0.3, -0.25) is 0 Å². The Morgan fingerprint density at radius 3 is 2.32 bits per heavy atom. The first kappa shape index (κ1) is 14.2. The Morgan fingerprint density at radius 1 is 1.16 bits per heavy atom. The number of hydrogen-bond acceptors (Lipinski definition) is 4. The van der Waals surface area contributed by atoms with E-state index in [2.05, 4.69) is 0 Å². The van der Waals surface area contributed by atoms with Gasteiger partial charge in [0.15, 0.2) is 9.84 Å². The number of rotatable bonds is 7. The van der Waals surface area contributed by atoms with Gasteiger partial charge in [-0.25, -0.2) is 8.42 Å². The third kappa shape index (κ3) is 4.42. The van der Waals surface area contributed by atoms with Crippen molar-refractivity contribution in [1.82, 2.24) is 0 Å². The molecular formula is C14H20O4S. The van der Waals surface area contributed by atoms with E-state index in [0.29, 0.717) is 17.4 Å². The molecule has 4 nitrogen and oxygen atoms in total. The van der Waals surface area contributed by atoms with Crippen molar-refractivity contribution in [3.63, 3.8) is 0 Å². The molecule has 0 N–H and O–H groups in total. The van der Waals surface area contributed by atoms with E-state index in [4.69, 9.17) is 9.47 Å². The molecule has 1 aromatic rings. The standard InChI is InChI=1S/C14H20O4S/c1-17-13-5-7-14(8-6-13)18-9-10-19(15,16)11-12-3-2-4-12/h5-8,12H,2-4,9-11H2,1H3. The van der Waals surface area contributed by atoms with Crippen molar-refractivity contribution >= 4 is 9.84 Å². The fourth-order valence-corrected chi connectivity index (χ4v) is 3.62. The molecule has 1 aromatic carbocycles. The van der Waals surface area contributed by atoms with Crippen molar-refractivity contribution < 1.29 is 17.9 Å². The maximum atomic E-state index is 11.8. The van der Waals surface area contributed by atoms with Gasteiger partial charge in [-0.2, -0.15) is 0 Å². The summed E-state index contributed by atoms with van der Waals surface area (Å²) in [6.07, 6.45) is 3.28.